The van der Waals surface area contributed by atoms with Crippen molar-refractivity contribution in [2.45, 2.75) is 51.0 Å². The van der Waals surface area contributed by atoms with Crippen LogP contribution < -0.4 is 14.4 Å². The van der Waals surface area contributed by atoms with Crippen LogP contribution in [0.2, 0.25) is 0 Å². The quantitative estimate of drug-likeness (QED) is 0.421. The number of hydrogen-bond donors (Lipinski definition) is 0. The first-order valence-electron chi connectivity index (χ1n) is 13.3. The van der Waals surface area contributed by atoms with E-state index in [9.17, 15) is 4.79 Å². The molecular weight excluding hydrogens is 460 g/mol. The SMILES string of the molecule is COc1ccc2c(c1)C1(CCN(Cc3ccc(C(C)(C)C)cc3)CC1)CN2C(=O)COc1ccccc1. The number of likely N-dealkylation sites (tertiary alicyclic amines) is 1. The number of carbonyl (C=O) groups is 1. The Morgan fingerprint density at radius 1 is 0.919 bits per heavy atom. The third-order valence-corrected chi connectivity index (χ3v) is 7.97. The second-order valence-electron chi connectivity index (χ2n) is 11.5. The molecule has 1 amide bonds. The first-order chi connectivity index (χ1) is 17.8. The van der Waals surface area contributed by atoms with Crippen LogP contribution >= 0.6 is 0 Å². The zero-order valence-corrected chi connectivity index (χ0v) is 22.5. The molecule has 3 aromatic carbocycles. The number of ether oxygens (including phenoxy) is 2. The first-order valence-corrected chi connectivity index (χ1v) is 13.3. The summed E-state index contributed by atoms with van der Waals surface area (Å²) in [4.78, 5) is 17.8. The molecule has 1 fully saturated rings. The van der Waals surface area contributed by atoms with Gasteiger partial charge in [-0.15, -0.1) is 0 Å². The first kappa shape index (κ1) is 25.3. The van der Waals surface area contributed by atoms with E-state index < -0.39 is 0 Å². The smallest absolute Gasteiger partial charge is 0.264 e. The van der Waals surface area contributed by atoms with Crippen molar-refractivity contribution in [2.75, 3.05) is 38.3 Å². The van der Waals surface area contributed by atoms with Crippen LogP contribution in [0.1, 0.15) is 50.3 Å². The predicted octanol–water partition coefficient (Wildman–Crippen LogP) is 5.95. The third kappa shape index (κ3) is 5.37. The molecule has 0 unspecified atom stereocenters. The van der Waals surface area contributed by atoms with Gasteiger partial charge in [0.25, 0.3) is 5.91 Å². The highest BCUT2D eigenvalue weighted by atomic mass is 16.5. The minimum atomic E-state index is -0.0567. The Bertz CT molecular complexity index is 1220. The molecular formula is C32H38N2O3. The van der Waals surface area contributed by atoms with E-state index in [2.05, 4.69) is 56.0 Å². The largest absolute Gasteiger partial charge is 0.497 e. The highest BCUT2D eigenvalue weighted by Crippen LogP contribution is 2.48. The van der Waals surface area contributed by atoms with Gasteiger partial charge in [-0.25, -0.2) is 0 Å². The topological polar surface area (TPSA) is 42.0 Å². The lowest BCUT2D eigenvalue weighted by molar-refractivity contribution is -0.120. The summed E-state index contributed by atoms with van der Waals surface area (Å²) >= 11 is 0. The van der Waals surface area contributed by atoms with Gasteiger partial charge >= 0.3 is 0 Å². The minimum Gasteiger partial charge on any atom is -0.497 e. The molecule has 0 aliphatic carbocycles. The van der Waals surface area contributed by atoms with Crippen molar-refractivity contribution < 1.29 is 14.3 Å². The summed E-state index contributed by atoms with van der Waals surface area (Å²) < 4.78 is 11.4. The third-order valence-electron chi connectivity index (χ3n) is 7.97. The zero-order chi connectivity index (χ0) is 26.0. The van der Waals surface area contributed by atoms with Gasteiger partial charge in [0, 0.05) is 24.2 Å². The van der Waals surface area contributed by atoms with Crippen molar-refractivity contribution in [1.29, 1.82) is 0 Å². The van der Waals surface area contributed by atoms with Crippen molar-refractivity contribution in [3.63, 3.8) is 0 Å². The Morgan fingerprint density at radius 3 is 2.27 bits per heavy atom. The van der Waals surface area contributed by atoms with Crippen LogP contribution in [0.25, 0.3) is 0 Å². The summed E-state index contributed by atoms with van der Waals surface area (Å²) in [7, 11) is 1.70. The second kappa shape index (κ2) is 10.2. The molecule has 194 valence electrons. The lowest BCUT2D eigenvalue weighted by Crippen LogP contribution is -2.46. The molecule has 2 aliphatic rings. The van der Waals surface area contributed by atoms with E-state index >= 15 is 0 Å². The van der Waals surface area contributed by atoms with Crippen molar-refractivity contribution in [3.05, 3.63) is 89.5 Å². The van der Waals surface area contributed by atoms with Crippen LogP contribution in [0.4, 0.5) is 5.69 Å². The van der Waals surface area contributed by atoms with E-state index in [0.29, 0.717) is 12.3 Å². The van der Waals surface area contributed by atoms with E-state index in [1.54, 1.807) is 7.11 Å². The highest BCUT2D eigenvalue weighted by Gasteiger charge is 2.46. The number of fused-ring (bicyclic) bond motifs is 2. The average molecular weight is 499 g/mol. The molecule has 1 saturated heterocycles. The van der Waals surface area contributed by atoms with E-state index in [4.69, 9.17) is 9.47 Å². The predicted molar refractivity (Wildman–Crippen MR) is 149 cm³/mol. The number of methoxy groups -OCH3 is 1. The standard InChI is InChI=1S/C32H38N2O3/c1-31(2,3)25-12-10-24(11-13-25)21-33-18-16-32(17-19-33)23-34(29-15-14-27(36-4)20-28(29)32)30(35)22-37-26-8-6-5-7-9-26/h5-15,20H,16-19,21-23H2,1-4H3. The van der Waals surface area contributed by atoms with E-state index in [1.807, 2.05) is 47.4 Å². The average Bonchev–Trinajstić information content (AvgIpc) is 3.22. The maximum atomic E-state index is 13.3. The van der Waals surface area contributed by atoms with E-state index in [1.165, 1.54) is 16.7 Å². The highest BCUT2D eigenvalue weighted by molar-refractivity contribution is 5.97. The summed E-state index contributed by atoms with van der Waals surface area (Å²) in [6, 6.07) is 24.7. The number of nitrogens with zero attached hydrogens (tertiary/aromatic N) is 2. The van der Waals surface area contributed by atoms with Crippen LogP contribution in [0.3, 0.4) is 0 Å². The van der Waals surface area contributed by atoms with Gasteiger partial charge in [-0.1, -0.05) is 63.2 Å². The number of piperidine rings is 1. The van der Waals surface area contributed by atoms with E-state index in [-0.39, 0.29) is 23.3 Å². The molecule has 2 aliphatic heterocycles. The van der Waals surface area contributed by atoms with E-state index in [0.717, 1.165) is 43.9 Å². The van der Waals surface area contributed by atoms with Gasteiger partial charge in [-0.3, -0.25) is 9.69 Å². The van der Waals surface area contributed by atoms with Gasteiger partial charge in [0.2, 0.25) is 0 Å². The molecule has 1 spiro atoms. The molecule has 5 heteroatoms. The molecule has 37 heavy (non-hydrogen) atoms. The molecule has 3 aromatic rings. The Balaban J connectivity index is 1.29. The summed E-state index contributed by atoms with van der Waals surface area (Å²) in [5, 5.41) is 0. The summed E-state index contributed by atoms with van der Waals surface area (Å²) in [6.07, 6.45) is 2.02. The fourth-order valence-corrected chi connectivity index (χ4v) is 5.67. The lowest BCUT2D eigenvalue weighted by atomic mass is 9.74. The van der Waals surface area contributed by atoms with Gasteiger partial charge < -0.3 is 14.4 Å². The van der Waals surface area contributed by atoms with Crippen LogP contribution in [-0.4, -0.2) is 44.2 Å². The molecule has 0 aromatic heterocycles. The van der Waals surface area contributed by atoms with Crippen LogP contribution in [0.5, 0.6) is 11.5 Å². The molecule has 2 heterocycles. The maximum absolute atomic E-state index is 13.3. The number of benzene rings is 3. The molecule has 5 nitrogen and oxygen atoms in total. The zero-order valence-electron chi connectivity index (χ0n) is 22.5. The fraction of sp³-hybridized carbons (Fsp3) is 0.406. The summed E-state index contributed by atoms with van der Waals surface area (Å²) in [5.41, 5.74) is 5.06. The van der Waals surface area contributed by atoms with Crippen molar-refractivity contribution in [3.8, 4) is 11.5 Å². The van der Waals surface area contributed by atoms with Gasteiger partial charge in [-0.05, 0) is 78.4 Å². The van der Waals surface area contributed by atoms with Crippen molar-refractivity contribution >= 4 is 11.6 Å². The molecule has 0 N–H and O–H groups in total. The maximum Gasteiger partial charge on any atom is 0.264 e. The Hall–Kier alpha value is -3.31. The molecule has 0 atom stereocenters. The van der Waals surface area contributed by atoms with Gasteiger partial charge in [0.15, 0.2) is 6.61 Å². The summed E-state index contributed by atoms with van der Waals surface area (Å²) in [5.74, 6) is 1.55. The van der Waals surface area contributed by atoms with Crippen molar-refractivity contribution in [1.82, 2.24) is 4.90 Å². The molecule has 5 rings (SSSR count). The Labute approximate surface area is 221 Å². The molecule has 0 saturated carbocycles. The lowest BCUT2D eigenvalue weighted by Gasteiger charge is -2.40. The van der Waals surface area contributed by atoms with Gasteiger partial charge in [0.1, 0.15) is 11.5 Å². The Kier molecular flexibility index (Phi) is 7.00. The van der Waals surface area contributed by atoms with Crippen molar-refractivity contribution in [2.24, 2.45) is 0 Å². The minimum absolute atomic E-state index is 0.00601. The molecule has 0 bridgehead atoms. The molecule has 0 radical (unpaired) electrons. The normalized spacial score (nSPS) is 17.0. The van der Waals surface area contributed by atoms with Crippen LogP contribution in [0, 0.1) is 0 Å². The van der Waals surface area contributed by atoms with Gasteiger partial charge in [-0.2, -0.15) is 0 Å². The number of hydrogen-bond acceptors (Lipinski definition) is 4. The van der Waals surface area contributed by atoms with Crippen LogP contribution in [0.15, 0.2) is 72.8 Å². The second-order valence-corrected chi connectivity index (χ2v) is 11.5. The van der Waals surface area contributed by atoms with Crippen LogP contribution in [-0.2, 0) is 22.2 Å². The summed E-state index contributed by atoms with van der Waals surface area (Å²) in [6.45, 7) is 10.4. The number of anilines is 1. The Morgan fingerprint density at radius 2 is 1.62 bits per heavy atom. The fourth-order valence-electron chi connectivity index (χ4n) is 5.67. The number of para-hydroxylation sites is 1. The number of rotatable bonds is 6. The number of amides is 1. The van der Waals surface area contributed by atoms with Gasteiger partial charge in [0.05, 0.1) is 7.11 Å². The monoisotopic (exact) mass is 498 g/mol. The number of carbonyl (C=O) groups excluding carboxylic acids is 1.